The summed E-state index contributed by atoms with van der Waals surface area (Å²) in [5, 5.41) is 4.22. The van der Waals surface area contributed by atoms with Gasteiger partial charge in [-0.1, -0.05) is 29.8 Å². The molecule has 178 valence electrons. The van der Waals surface area contributed by atoms with Crippen LogP contribution in [-0.4, -0.2) is 29.8 Å². The lowest BCUT2D eigenvalue weighted by Crippen LogP contribution is -2.35. The van der Waals surface area contributed by atoms with Crippen LogP contribution in [0.5, 0.6) is 17.2 Å². The first kappa shape index (κ1) is 22.6. The van der Waals surface area contributed by atoms with Crippen LogP contribution in [0.2, 0.25) is 5.02 Å². The second-order valence-electron chi connectivity index (χ2n) is 8.02. The highest BCUT2D eigenvalue weighted by atomic mass is 35.5. The van der Waals surface area contributed by atoms with Crippen LogP contribution in [0.4, 0.5) is 10.5 Å². The summed E-state index contributed by atoms with van der Waals surface area (Å²) in [7, 11) is 1.58. The van der Waals surface area contributed by atoms with E-state index in [0.29, 0.717) is 39.0 Å². The molecule has 0 unspecified atom stereocenters. The van der Waals surface area contributed by atoms with Crippen molar-refractivity contribution in [1.82, 2.24) is 9.88 Å². The fourth-order valence-electron chi connectivity index (χ4n) is 3.94. The van der Waals surface area contributed by atoms with Crippen molar-refractivity contribution in [3.63, 3.8) is 0 Å². The zero-order valence-corrected chi connectivity index (χ0v) is 19.6. The number of aromatic amines is 1. The number of rotatable bonds is 6. The summed E-state index contributed by atoms with van der Waals surface area (Å²) in [5.74, 6) is 1.85. The number of nitrogens with one attached hydrogen (secondary N) is 2. The van der Waals surface area contributed by atoms with E-state index < -0.39 is 0 Å². The van der Waals surface area contributed by atoms with E-state index in [4.69, 9.17) is 25.8 Å². The van der Waals surface area contributed by atoms with E-state index in [1.807, 2.05) is 30.3 Å². The number of para-hydroxylation sites is 1. The minimum absolute atomic E-state index is 0.0667. The summed E-state index contributed by atoms with van der Waals surface area (Å²) in [6.45, 7) is 0.430. The number of fused-ring (bicyclic) bond motifs is 2. The molecule has 0 aliphatic carbocycles. The minimum atomic E-state index is -0.372. The Labute approximate surface area is 206 Å². The van der Waals surface area contributed by atoms with Crippen LogP contribution in [-0.2, 0) is 13.1 Å². The van der Waals surface area contributed by atoms with Crippen LogP contribution in [0.15, 0.2) is 71.5 Å². The molecular formula is C26H22ClN3O5. The maximum absolute atomic E-state index is 13.3. The minimum Gasteiger partial charge on any atom is -0.496 e. The van der Waals surface area contributed by atoms with Gasteiger partial charge in [-0.05, 0) is 42.5 Å². The Balaban J connectivity index is 1.48. The monoisotopic (exact) mass is 491 g/mol. The highest BCUT2D eigenvalue weighted by Crippen LogP contribution is 2.35. The van der Waals surface area contributed by atoms with E-state index in [1.54, 1.807) is 48.4 Å². The van der Waals surface area contributed by atoms with Gasteiger partial charge in [0, 0.05) is 33.3 Å². The standard InChI is InChI=1S/C26H22ClN3O5/c1-33-22-5-3-2-4-16(22)13-30(26(32)28-20-8-6-19(27)7-9-20)14-18-10-17-11-23-24(35-15-34-23)12-21(17)29-25(18)31/h2-12H,13-15H2,1H3,(H,28,32)(H,29,31). The third kappa shape index (κ3) is 4.88. The van der Waals surface area contributed by atoms with Gasteiger partial charge in [0.15, 0.2) is 11.5 Å². The molecule has 8 nitrogen and oxygen atoms in total. The molecule has 2 N–H and O–H groups in total. The van der Waals surface area contributed by atoms with Crippen LogP contribution in [0.1, 0.15) is 11.1 Å². The number of H-pyrrole nitrogens is 1. The molecular weight excluding hydrogens is 470 g/mol. The first-order valence-electron chi connectivity index (χ1n) is 10.9. The SMILES string of the molecule is COc1ccccc1CN(Cc1cc2cc3c(cc2[nH]c1=O)OCO3)C(=O)Nc1ccc(Cl)cc1. The Morgan fingerprint density at radius 3 is 2.51 bits per heavy atom. The number of hydrogen-bond donors (Lipinski definition) is 2. The number of benzene rings is 3. The number of pyridine rings is 1. The smallest absolute Gasteiger partial charge is 0.322 e. The molecule has 3 aromatic carbocycles. The number of carbonyl (C=O) groups is 1. The summed E-state index contributed by atoms with van der Waals surface area (Å²) in [6.07, 6.45) is 0. The van der Waals surface area contributed by atoms with E-state index in [-0.39, 0.29) is 31.5 Å². The molecule has 0 bridgehead atoms. The lowest BCUT2D eigenvalue weighted by Gasteiger charge is -2.24. The Morgan fingerprint density at radius 1 is 1.03 bits per heavy atom. The summed E-state index contributed by atoms with van der Waals surface area (Å²) in [5.41, 5.74) is 2.16. The van der Waals surface area contributed by atoms with Gasteiger partial charge < -0.3 is 29.4 Å². The van der Waals surface area contributed by atoms with Crippen molar-refractivity contribution in [2.75, 3.05) is 19.2 Å². The van der Waals surface area contributed by atoms with Gasteiger partial charge >= 0.3 is 6.03 Å². The number of anilines is 1. The normalized spacial score (nSPS) is 11.9. The molecule has 35 heavy (non-hydrogen) atoms. The van der Waals surface area contributed by atoms with Gasteiger partial charge in [0.1, 0.15) is 5.75 Å². The van der Waals surface area contributed by atoms with Gasteiger partial charge in [-0.15, -0.1) is 0 Å². The molecule has 5 rings (SSSR count). The molecule has 0 saturated heterocycles. The van der Waals surface area contributed by atoms with Gasteiger partial charge in [-0.2, -0.15) is 0 Å². The molecule has 1 aliphatic heterocycles. The summed E-state index contributed by atoms with van der Waals surface area (Å²) in [6, 6.07) is 19.2. The van der Waals surface area contributed by atoms with Gasteiger partial charge in [0.25, 0.3) is 5.56 Å². The average molecular weight is 492 g/mol. The number of nitrogens with zero attached hydrogens (tertiary/aromatic N) is 1. The van der Waals surface area contributed by atoms with Crippen molar-refractivity contribution in [3.05, 3.63) is 93.2 Å². The maximum atomic E-state index is 13.3. The predicted octanol–water partition coefficient (Wildman–Crippen LogP) is 5.15. The molecule has 1 aromatic heterocycles. The van der Waals surface area contributed by atoms with Gasteiger partial charge in [0.2, 0.25) is 6.79 Å². The molecule has 0 spiro atoms. The van der Waals surface area contributed by atoms with Crippen LogP contribution >= 0.6 is 11.6 Å². The summed E-state index contributed by atoms with van der Waals surface area (Å²) in [4.78, 5) is 30.7. The lowest BCUT2D eigenvalue weighted by atomic mass is 10.1. The first-order valence-corrected chi connectivity index (χ1v) is 11.3. The van der Waals surface area contributed by atoms with E-state index in [9.17, 15) is 9.59 Å². The van der Waals surface area contributed by atoms with Crippen molar-refractivity contribution < 1.29 is 19.0 Å². The Hall–Kier alpha value is -4.17. The Morgan fingerprint density at radius 2 is 1.74 bits per heavy atom. The van der Waals surface area contributed by atoms with E-state index in [1.165, 1.54) is 0 Å². The fourth-order valence-corrected chi connectivity index (χ4v) is 4.06. The molecule has 4 aromatic rings. The van der Waals surface area contributed by atoms with Gasteiger partial charge in [-0.25, -0.2) is 4.79 Å². The zero-order valence-electron chi connectivity index (χ0n) is 18.8. The quantitative estimate of drug-likeness (QED) is 0.389. The summed E-state index contributed by atoms with van der Waals surface area (Å²) < 4.78 is 16.3. The number of hydrogen-bond acceptors (Lipinski definition) is 5. The molecule has 2 amide bonds. The number of methoxy groups -OCH3 is 1. The number of aromatic nitrogens is 1. The van der Waals surface area contributed by atoms with E-state index in [0.717, 1.165) is 10.9 Å². The van der Waals surface area contributed by atoms with Crippen LogP contribution < -0.4 is 25.1 Å². The van der Waals surface area contributed by atoms with Gasteiger partial charge in [-0.3, -0.25) is 4.79 Å². The topological polar surface area (TPSA) is 92.9 Å². The number of halogens is 1. The first-order chi connectivity index (χ1) is 17.0. The molecule has 9 heteroatoms. The van der Waals surface area contributed by atoms with Crippen LogP contribution in [0, 0.1) is 0 Å². The van der Waals surface area contributed by atoms with Crippen LogP contribution in [0.3, 0.4) is 0 Å². The molecule has 1 aliphatic rings. The third-order valence-electron chi connectivity index (χ3n) is 5.71. The maximum Gasteiger partial charge on any atom is 0.322 e. The molecule has 0 atom stereocenters. The number of amides is 2. The van der Waals surface area contributed by atoms with Crippen molar-refractivity contribution in [1.29, 1.82) is 0 Å². The zero-order chi connectivity index (χ0) is 24.4. The largest absolute Gasteiger partial charge is 0.496 e. The van der Waals surface area contributed by atoms with E-state index >= 15 is 0 Å². The summed E-state index contributed by atoms with van der Waals surface area (Å²) >= 11 is 5.97. The predicted molar refractivity (Wildman–Crippen MR) is 133 cm³/mol. The van der Waals surface area contributed by atoms with Crippen molar-refractivity contribution in [2.24, 2.45) is 0 Å². The number of carbonyl (C=O) groups excluding carboxylic acids is 1. The van der Waals surface area contributed by atoms with Crippen molar-refractivity contribution in [2.45, 2.75) is 13.1 Å². The van der Waals surface area contributed by atoms with Crippen LogP contribution in [0.25, 0.3) is 10.9 Å². The number of urea groups is 1. The highest BCUT2D eigenvalue weighted by molar-refractivity contribution is 6.30. The van der Waals surface area contributed by atoms with E-state index in [2.05, 4.69) is 10.3 Å². The van der Waals surface area contributed by atoms with Crippen molar-refractivity contribution in [3.8, 4) is 17.2 Å². The van der Waals surface area contributed by atoms with Crippen molar-refractivity contribution >= 4 is 34.2 Å². The van der Waals surface area contributed by atoms with Gasteiger partial charge in [0.05, 0.1) is 25.7 Å². The second kappa shape index (κ2) is 9.60. The molecule has 0 fully saturated rings. The highest BCUT2D eigenvalue weighted by Gasteiger charge is 2.20. The third-order valence-corrected chi connectivity index (χ3v) is 5.96. The lowest BCUT2D eigenvalue weighted by molar-refractivity contribution is 0.174. The Bertz CT molecular complexity index is 1450. The Kier molecular flexibility index (Phi) is 6.20. The average Bonchev–Trinajstić information content (AvgIpc) is 3.31. The fraction of sp³-hybridized carbons (Fsp3) is 0.154. The molecule has 0 saturated carbocycles. The number of ether oxygens (including phenoxy) is 3. The molecule has 0 radical (unpaired) electrons. The second-order valence-corrected chi connectivity index (χ2v) is 8.46. The molecule has 2 heterocycles.